The minimum absolute atomic E-state index is 0.768. The number of halogens is 1. The zero-order valence-electron chi connectivity index (χ0n) is 8.21. The standard InChI is InChI=1S/C10H14ClNSi/c1-13(2,3)12-8-9-6-4-5-7-10(9)11/h4-8H,1-3H3/b12-8+. The molecule has 0 aliphatic heterocycles. The van der Waals surface area contributed by atoms with Crippen LogP contribution < -0.4 is 0 Å². The molecule has 70 valence electrons. The monoisotopic (exact) mass is 211 g/mol. The van der Waals surface area contributed by atoms with Gasteiger partial charge in [-0.1, -0.05) is 29.8 Å². The number of hydrogen-bond acceptors (Lipinski definition) is 1. The van der Waals surface area contributed by atoms with E-state index in [4.69, 9.17) is 11.6 Å². The highest BCUT2D eigenvalue weighted by atomic mass is 35.5. The summed E-state index contributed by atoms with van der Waals surface area (Å²) in [4.78, 5) is 0. The number of nitrogens with zero attached hydrogens (tertiary/aromatic N) is 1. The lowest BCUT2D eigenvalue weighted by atomic mass is 10.2. The maximum absolute atomic E-state index is 5.98. The highest BCUT2D eigenvalue weighted by Gasteiger charge is 2.09. The Hall–Kier alpha value is -0.603. The lowest BCUT2D eigenvalue weighted by Gasteiger charge is -2.07. The van der Waals surface area contributed by atoms with Crippen molar-refractivity contribution in [1.29, 1.82) is 0 Å². The van der Waals surface area contributed by atoms with Crippen molar-refractivity contribution < 1.29 is 0 Å². The first kappa shape index (κ1) is 10.5. The molecule has 0 saturated carbocycles. The van der Waals surface area contributed by atoms with Gasteiger partial charge >= 0.3 is 0 Å². The quantitative estimate of drug-likeness (QED) is 0.524. The Bertz CT molecular complexity index is 315. The maximum Gasteiger partial charge on any atom is 0.172 e. The van der Waals surface area contributed by atoms with E-state index in [0.29, 0.717) is 0 Å². The van der Waals surface area contributed by atoms with Gasteiger partial charge in [-0.3, -0.25) is 0 Å². The molecule has 0 N–H and O–H groups in total. The van der Waals surface area contributed by atoms with E-state index in [1.165, 1.54) is 0 Å². The first-order valence-corrected chi connectivity index (χ1v) is 8.11. The number of hydrogen-bond donors (Lipinski definition) is 0. The van der Waals surface area contributed by atoms with Gasteiger partial charge in [0.05, 0.1) is 0 Å². The molecule has 1 aromatic carbocycles. The molecule has 0 aromatic heterocycles. The first-order chi connectivity index (χ1) is 5.99. The Kier molecular flexibility index (Phi) is 3.28. The third-order valence-corrected chi connectivity index (χ3v) is 2.74. The van der Waals surface area contributed by atoms with Crippen LogP contribution in [0.5, 0.6) is 0 Å². The highest BCUT2D eigenvalue weighted by Crippen LogP contribution is 2.13. The molecule has 0 fully saturated rings. The second kappa shape index (κ2) is 4.07. The van der Waals surface area contributed by atoms with E-state index >= 15 is 0 Å². The number of rotatable bonds is 2. The molecule has 0 aliphatic carbocycles. The molecule has 1 nitrogen and oxygen atoms in total. The molecule has 0 heterocycles. The molecule has 0 amide bonds. The van der Waals surface area contributed by atoms with Crippen molar-refractivity contribution in [3.63, 3.8) is 0 Å². The summed E-state index contributed by atoms with van der Waals surface area (Å²) in [6.07, 6.45) is 1.88. The fourth-order valence-corrected chi connectivity index (χ4v) is 1.55. The van der Waals surface area contributed by atoms with Crippen LogP contribution in [0.25, 0.3) is 0 Å². The van der Waals surface area contributed by atoms with Crippen LogP contribution in [0.4, 0.5) is 0 Å². The van der Waals surface area contributed by atoms with Gasteiger partial charge in [-0.2, -0.15) is 0 Å². The topological polar surface area (TPSA) is 12.4 Å². The van der Waals surface area contributed by atoms with Crippen LogP contribution in [0.3, 0.4) is 0 Å². The van der Waals surface area contributed by atoms with Gasteiger partial charge < -0.3 is 4.66 Å². The van der Waals surface area contributed by atoms with E-state index in [1.54, 1.807) is 0 Å². The Morgan fingerprint density at radius 1 is 1.23 bits per heavy atom. The van der Waals surface area contributed by atoms with Gasteiger partial charge in [0.2, 0.25) is 0 Å². The smallest absolute Gasteiger partial charge is 0.172 e. The summed E-state index contributed by atoms with van der Waals surface area (Å²) in [5.74, 6) is 0. The summed E-state index contributed by atoms with van der Waals surface area (Å²) in [7, 11) is -1.35. The van der Waals surface area contributed by atoms with Crippen molar-refractivity contribution in [2.75, 3.05) is 0 Å². The third kappa shape index (κ3) is 3.74. The zero-order valence-corrected chi connectivity index (χ0v) is 9.97. The Morgan fingerprint density at radius 3 is 2.38 bits per heavy atom. The summed E-state index contributed by atoms with van der Waals surface area (Å²) < 4.78 is 4.52. The second-order valence-corrected chi connectivity index (χ2v) is 8.96. The normalized spacial score (nSPS) is 12.3. The van der Waals surface area contributed by atoms with Crippen LogP contribution in [0.15, 0.2) is 28.9 Å². The average Bonchev–Trinajstić information content (AvgIpc) is 2.01. The van der Waals surface area contributed by atoms with Crippen LogP contribution in [-0.2, 0) is 0 Å². The summed E-state index contributed by atoms with van der Waals surface area (Å²) in [5, 5.41) is 0.768. The van der Waals surface area contributed by atoms with E-state index in [-0.39, 0.29) is 0 Å². The molecule has 13 heavy (non-hydrogen) atoms. The van der Waals surface area contributed by atoms with Crippen LogP contribution in [-0.4, -0.2) is 14.5 Å². The fraction of sp³-hybridized carbons (Fsp3) is 0.300. The van der Waals surface area contributed by atoms with Crippen molar-refractivity contribution >= 4 is 26.1 Å². The Morgan fingerprint density at radius 2 is 1.85 bits per heavy atom. The third-order valence-electron chi connectivity index (χ3n) is 1.50. The second-order valence-electron chi connectivity index (χ2n) is 3.95. The van der Waals surface area contributed by atoms with E-state index < -0.39 is 8.24 Å². The average molecular weight is 212 g/mol. The predicted octanol–water partition coefficient (Wildman–Crippen LogP) is 3.59. The minimum atomic E-state index is -1.35. The SMILES string of the molecule is C[Si](C)(C)/N=C/c1ccccc1Cl. The molecule has 0 spiro atoms. The van der Waals surface area contributed by atoms with E-state index in [2.05, 4.69) is 24.3 Å². The molecule has 1 aromatic rings. The molecule has 3 heteroatoms. The molecule has 0 atom stereocenters. The van der Waals surface area contributed by atoms with E-state index in [1.807, 2.05) is 30.5 Å². The highest BCUT2D eigenvalue weighted by molar-refractivity contribution is 6.75. The van der Waals surface area contributed by atoms with Crippen molar-refractivity contribution in [1.82, 2.24) is 0 Å². The van der Waals surface area contributed by atoms with Crippen LogP contribution >= 0.6 is 11.6 Å². The van der Waals surface area contributed by atoms with Gasteiger partial charge in [-0.25, -0.2) is 0 Å². The largest absolute Gasteiger partial charge is 0.329 e. The Labute approximate surface area is 85.6 Å². The minimum Gasteiger partial charge on any atom is -0.329 e. The van der Waals surface area contributed by atoms with Gasteiger partial charge in [0.25, 0.3) is 0 Å². The molecule has 0 aliphatic rings. The van der Waals surface area contributed by atoms with E-state index in [9.17, 15) is 0 Å². The lowest BCUT2D eigenvalue weighted by Crippen LogP contribution is -2.16. The predicted molar refractivity (Wildman–Crippen MR) is 62.4 cm³/mol. The van der Waals surface area contributed by atoms with Crippen molar-refractivity contribution in [2.24, 2.45) is 4.66 Å². The molecule has 1 rings (SSSR count). The van der Waals surface area contributed by atoms with Crippen molar-refractivity contribution in [2.45, 2.75) is 19.6 Å². The lowest BCUT2D eigenvalue weighted by molar-refractivity contribution is 1.56. The van der Waals surface area contributed by atoms with Gasteiger partial charge in [0, 0.05) is 16.8 Å². The zero-order chi connectivity index (χ0) is 9.90. The van der Waals surface area contributed by atoms with Gasteiger partial charge in [0.1, 0.15) is 0 Å². The van der Waals surface area contributed by atoms with E-state index in [0.717, 1.165) is 10.6 Å². The maximum atomic E-state index is 5.98. The van der Waals surface area contributed by atoms with Gasteiger partial charge in [-0.05, 0) is 25.7 Å². The van der Waals surface area contributed by atoms with Crippen molar-refractivity contribution in [3.8, 4) is 0 Å². The molecule has 0 saturated heterocycles. The van der Waals surface area contributed by atoms with Crippen LogP contribution in [0.1, 0.15) is 5.56 Å². The van der Waals surface area contributed by atoms with Crippen molar-refractivity contribution in [3.05, 3.63) is 34.9 Å². The number of benzene rings is 1. The van der Waals surface area contributed by atoms with Gasteiger partial charge in [-0.15, -0.1) is 0 Å². The van der Waals surface area contributed by atoms with Gasteiger partial charge in [0.15, 0.2) is 8.24 Å². The fourth-order valence-electron chi connectivity index (χ4n) is 0.843. The summed E-state index contributed by atoms with van der Waals surface area (Å²) >= 11 is 5.98. The van der Waals surface area contributed by atoms with Crippen LogP contribution in [0.2, 0.25) is 24.7 Å². The summed E-state index contributed by atoms with van der Waals surface area (Å²) in [6.45, 7) is 6.58. The Balaban J connectivity index is 2.86. The molecular formula is C10H14ClNSi. The summed E-state index contributed by atoms with van der Waals surface area (Å²) in [5.41, 5.74) is 1.01. The molecule has 0 unspecified atom stereocenters. The first-order valence-electron chi connectivity index (χ1n) is 4.29. The molecular weight excluding hydrogens is 198 g/mol. The van der Waals surface area contributed by atoms with Crippen LogP contribution in [0, 0.1) is 0 Å². The summed E-state index contributed by atoms with van der Waals surface area (Å²) in [6, 6.07) is 7.75. The molecule has 0 bridgehead atoms. The molecule has 0 radical (unpaired) electrons.